The molecule has 152 valence electrons. The Morgan fingerprint density at radius 1 is 1.31 bits per heavy atom. The molecule has 0 aliphatic carbocycles. The minimum atomic E-state index is -3.61. The Morgan fingerprint density at radius 2 is 2.03 bits per heavy atom. The summed E-state index contributed by atoms with van der Waals surface area (Å²) in [4.78, 5) is 8.84. The van der Waals surface area contributed by atoms with Gasteiger partial charge in [0, 0.05) is 25.2 Å². The van der Waals surface area contributed by atoms with Crippen LogP contribution in [0.4, 0.5) is 11.5 Å². The van der Waals surface area contributed by atoms with Crippen molar-refractivity contribution in [1.29, 1.82) is 0 Å². The molecule has 7 nitrogen and oxygen atoms in total. The topological polar surface area (TPSA) is 101 Å². The van der Waals surface area contributed by atoms with Crippen molar-refractivity contribution in [3.8, 4) is 11.3 Å². The van der Waals surface area contributed by atoms with Gasteiger partial charge in [-0.05, 0) is 24.6 Å². The largest absolute Gasteiger partial charge is 0.382 e. The van der Waals surface area contributed by atoms with Gasteiger partial charge in [-0.2, -0.15) is 12.7 Å². The van der Waals surface area contributed by atoms with Gasteiger partial charge in [0.25, 0.3) is 0 Å². The molecule has 0 atom stereocenters. The van der Waals surface area contributed by atoms with Gasteiger partial charge in [-0.1, -0.05) is 49.6 Å². The first-order valence-electron chi connectivity index (χ1n) is 8.78. The average molecular weight is 412 g/mol. The highest BCUT2D eigenvalue weighted by atomic mass is 32.2. The summed E-state index contributed by atoms with van der Waals surface area (Å²) in [6.45, 7) is 9.80. The summed E-state index contributed by atoms with van der Waals surface area (Å²) in [6.07, 6.45) is 8.83. The van der Waals surface area contributed by atoms with Gasteiger partial charge in [-0.3, -0.25) is 4.72 Å². The molecule has 0 spiro atoms. The highest BCUT2D eigenvalue weighted by Gasteiger charge is 2.15. The van der Waals surface area contributed by atoms with E-state index in [1.165, 1.54) is 20.3 Å². The standard InChI is InChI=1S/C21H25N5O2S/c1-6-8-10-16(7-2)15(3)20-21(22)23-14-19(24-20)17-11-9-12-18(13-17)25-29(27,28)26(4)5/h6-14,25H,2-3H2,1,4-5H3,(H2,22,23)/b8-6-,16-10+. The first-order chi connectivity index (χ1) is 13.7. The summed E-state index contributed by atoms with van der Waals surface area (Å²) in [6, 6.07) is 6.88. The first-order valence-corrected chi connectivity index (χ1v) is 10.2. The van der Waals surface area contributed by atoms with Crippen LogP contribution < -0.4 is 10.5 Å². The molecular weight excluding hydrogens is 386 g/mol. The molecule has 8 heteroatoms. The second kappa shape index (κ2) is 9.31. The minimum absolute atomic E-state index is 0.247. The maximum atomic E-state index is 12.1. The van der Waals surface area contributed by atoms with E-state index in [9.17, 15) is 8.42 Å². The van der Waals surface area contributed by atoms with Crippen molar-refractivity contribution >= 4 is 27.3 Å². The van der Waals surface area contributed by atoms with E-state index in [0.29, 0.717) is 28.2 Å². The van der Waals surface area contributed by atoms with Crippen molar-refractivity contribution in [1.82, 2.24) is 14.3 Å². The molecular formula is C21H25N5O2S. The lowest BCUT2D eigenvalue weighted by molar-refractivity contribution is 0.527. The molecule has 1 aromatic heterocycles. The van der Waals surface area contributed by atoms with Crippen LogP contribution in [0.2, 0.25) is 0 Å². The van der Waals surface area contributed by atoms with Gasteiger partial charge in [0.15, 0.2) is 0 Å². The van der Waals surface area contributed by atoms with E-state index in [0.717, 1.165) is 9.88 Å². The summed E-state index contributed by atoms with van der Waals surface area (Å²) < 4.78 is 27.7. The molecule has 0 radical (unpaired) electrons. The van der Waals surface area contributed by atoms with Gasteiger partial charge < -0.3 is 5.73 Å². The Morgan fingerprint density at radius 3 is 2.66 bits per heavy atom. The lowest BCUT2D eigenvalue weighted by Gasteiger charge is -2.14. The number of hydrogen-bond acceptors (Lipinski definition) is 5. The zero-order valence-corrected chi connectivity index (χ0v) is 17.6. The van der Waals surface area contributed by atoms with Crippen LogP contribution in [0.15, 0.2) is 73.5 Å². The number of nitrogen functional groups attached to an aromatic ring is 1. The second-order valence-electron chi connectivity index (χ2n) is 6.29. The molecule has 2 aromatic rings. The zero-order valence-electron chi connectivity index (χ0n) is 16.8. The fraction of sp³-hybridized carbons (Fsp3) is 0.143. The van der Waals surface area contributed by atoms with Crippen LogP contribution in [0.3, 0.4) is 0 Å². The molecule has 1 aromatic carbocycles. The van der Waals surface area contributed by atoms with Gasteiger partial charge in [0.2, 0.25) is 0 Å². The summed E-state index contributed by atoms with van der Waals surface area (Å²) in [5, 5.41) is 0. The van der Waals surface area contributed by atoms with Crippen molar-refractivity contribution < 1.29 is 8.42 Å². The fourth-order valence-corrected chi connectivity index (χ4v) is 2.98. The normalized spacial score (nSPS) is 12.3. The van der Waals surface area contributed by atoms with E-state index in [2.05, 4.69) is 27.8 Å². The SMILES string of the molecule is C=C/C(=C\C=C/C)C(=C)c1nc(-c2cccc(NS(=O)(=O)N(C)C)c2)cnc1N. The molecule has 2 rings (SSSR count). The van der Waals surface area contributed by atoms with E-state index < -0.39 is 10.2 Å². The van der Waals surface area contributed by atoms with Crippen molar-refractivity contribution in [3.05, 3.63) is 79.2 Å². The van der Waals surface area contributed by atoms with Gasteiger partial charge in [0.05, 0.1) is 17.6 Å². The third-order valence-corrected chi connectivity index (χ3v) is 5.46. The molecule has 3 N–H and O–H groups in total. The Balaban J connectivity index is 2.45. The van der Waals surface area contributed by atoms with E-state index in [4.69, 9.17) is 5.73 Å². The van der Waals surface area contributed by atoms with Crippen LogP contribution in [0.25, 0.3) is 16.8 Å². The average Bonchev–Trinajstić information content (AvgIpc) is 2.68. The quantitative estimate of drug-likeness (QED) is 0.646. The van der Waals surface area contributed by atoms with E-state index in [1.54, 1.807) is 24.3 Å². The van der Waals surface area contributed by atoms with Crippen molar-refractivity contribution in [2.24, 2.45) is 0 Å². The highest BCUT2D eigenvalue weighted by molar-refractivity contribution is 7.90. The van der Waals surface area contributed by atoms with Crippen molar-refractivity contribution in [3.63, 3.8) is 0 Å². The Hall–Kier alpha value is -3.23. The molecule has 0 saturated carbocycles. The molecule has 0 fully saturated rings. The van der Waals surface area contributed by atoms with Crippen LogP contribution in [-0.2, 0) is 10.2 Å². The Labute approximate surface area is 172 Å². The van der Waals surface area contributed by atoms with Crippen LogP contribution >= 0.6 is 0 Å². The Bertz CT molecular complexity index is 1090. The number of nitrogens with one attached hydrogen (secondary N) is 1. The van der Waals surface area contributed by atoms with Gasteiger partial charge in [-0.25, -0.2) is 9.97 Å². The first kappa shape index (κ1) is 22.1. The van der Waals surface area contributed by atoms with Crippen molar-refractivity contribution in [2.75, 3.05) is 24.6 Å². The third-order valence-electron chi connectivity index (χ3n) is 4.01. The van der Waals surface area contributed by atoms with Crippen molar-refractivity contribution in [2.45, 2.75) is 6.92 Å². The fourth-order valence-electron chi connectivity index (χ4n) is 2.37. The summed E-state index contributed by atoms with van der Waals surface area (Å²) in [5.41, 5.74) is 9.46. The predicted molar refractivity (Wildman–Crippen MR) is 120 cm³/mol. The maximum Gasteiger partial charge on any atom is 0.301 e. The number of nitrogens with two attached hydrogens (primary N) is 1. The lowest BCUT2D eigenvalue weighted by Crippen LogP contribution is -2.28. The van der Waals surface area contributed by atoms with E-state index >= 15 is 0 Å². The molecule has 29 heavy (non-hydrogen) atoms. The lowest BCUT2D eigenvalue weighted by atomic mass is 10.0. The number of allylic oxidation sites excluding steroid dienone is 6. The van der Waals surface area contributed by atoms with E-state index in [-0.39, 0.29) is 5.82 Å². The molecule has 0 amide bonds. The van der Waals surface area contributed by atoms with Gasteiger partial charge in [-0.15, -0.1) is 0 Å². The van der Waals surface area contributed by atoms with Crippen LogP contribution in [0.5, 0.6) is 0 Å². The highest BCUT2D eigenvalue weighted by Crippen LogP contribution is 2.28. The molecule has 0 bridgehead atoms. The number of nitrogens with zero attached hydrogens (tertiary/aromatic N) is 3. The number of hydrogen-bond donors (Lipinski definition) is 2. The number of aromatic nitrogens is 2. The Kier molecular flexibility index (Phi) is 7.08. The van der Waals surface area contributed by atoms with Gasteiger partial charge in [0.1, 0.15) is 11.5 Å². The summed E-state index contributed by atoms with van der Waals surface area (Å²) in [5.74, 6) is 0.247. The third kappa shape index (κ3) is 5.40. The number of benzene rings is 1. The molecule has 1 heterocycles. The molecule has 0 aliphatic heterocycles. The van der Waals surface area contributed by atoms with E-state index in [1.807, 2.05) is 31.2 Å². The molecule has 0 aliphatic rings. The zero-order chi connectivity index (χ0) is 21.6. The summed E-state index contributed by atoms with van der Waals surface area (Å²) >= 11 is 0. The number of anilines is 2. The van der Waals surface area contributed by atoms with Gasteiger partial charge >= 0.3 is 10.2 Å². The van der Waals surface area contributed by atoms with Crippen LogP contribution in [0, 0.1) is 0 Å². The monoisotopic (exact) mass is 411 g/mol. The second-order valence-corrected chi connectivity index (χ2v) is 8.17. The predicted octanol–water partition coefficient (Wildman–Crippen LogP) is 3.65. The minimum Gasteiger partial charge on any atom is -0.382 e. The maximum absolute atomic E-state index is 12.1. The number of rotatable bonds is 8. The molecule has 0 unspecified atom stereocenters. The smallest absolute Gasteiger partial charge is 0.301 e. The molecule has 0 saturated heterocycles. The van der Waals surface area contributed by atoms with Crippen LogP contribution in [-0.4, -0.2) is 36.8 Å². The summed E-state index contributed by atoms with van der Waals surface area (Å²) in [7, 11) is -0.709. The van der Waals surface area contributed by atoms with Crippen LogP contribution in [0.1, 0.15) is 12.6 Å².